The van der Waals surface area contributed by atoms with Crippen molar-refractivity contribution in [2.45, 2.75) is 6.92 Å². The van der Waals surface area contributed by atoms with E-state index >= 15 is 0 Å². The molecule has 0 saturated heterocycles. The molecule has 0 bridgehead atoms. The van der Waals surface area contributed by atoms with Crippen LogP contribution in [0.3, 0.4) is 0 Å². The summed E-state index contributed by atoms with van der Waals surface area (Å²) in [4.78, 5) is 9.97. The topological polar surface area (TPSA) is 55.2 Å². The summed E-state index contributed by atoms with van der Waals surface area (Å²) in [5.41, 5.74) is 3.57. The van der Waals surface area contributed by atoms with Crippen LogP contribution in [0.5, 0.6) is 0 Å². The Bertz CT molecular complexity index is 273. The molecule has 1 aromatic rings. The minimum atomic E-state index is -0.575. The molecule has 0 fully saturated rings. The molecule has 1 rings (SSSR count). The number of benzene rings is 1. The summed E-state index contributed by atoms with van der Waals surface area (Å²) >= 11 is 0. The molecule has 0 amide bonds. The zero-order valence-corrected chi connectivity index (χ0v) is 6.07. The molecule has 0 radical (unpaired) electrons. The smallest absolute Gasteiger partial charge is 0.162 e. The number of aryl methyl sites for hydroxylation is 1. The number of nitro groups is 1. The molecule has 11 heavy (non-hydrogen) atoms. The summed E-state index contributed by atoms with van der Waals surface area (Å²) in [6, 6.07) is 7.00. The fourth-order valence-electron chi connectivity index (χ4n) is 0.820. The van der Waals surface area contributed by atoms with Gasteiger partial charge in [-0.25, -0.2) is 10.1 Å². The van der Waals surface area contributed by atoms with Crippen LogP contribution < -0.4 is 5.43 Å². The maximum Gasteiger partial charge on any atom is 0.162 e. The third-order valence-electron chi connectivity index (χ3n) is 1.24. The molecule has 0 atom stereocenters. The number of hydrogen-bond donors (Lipinski definition) is 1. The predicted octanol–water partition coefficient (Wildman–Crippen LogP) is 1.60. The van der Waals surface area contributed by atoms with Gasteiger partial charge in [-0.15, -0.1) is 5.43 Å². The first kappa shape index (κ1) is 7.53. The van der Waals surface area contributed by atoms with Crippen LogP contribution in [0.2, 0.25) is 0 Å². The van der Waals surface area contributed by atoms with Gasteiger partial charge in [0.25, 0.3) is 0 Å². The van der Waals surface area contributed by atoms with Gasteiger partial charge in [0, 0.05) is 0 Å². The van der Waals surface area contributed by atoms with E-state index < -0.39 is 5.03 Å². The number of nitrogens with one attached hydrogen (secondary N) is 1. The summed E-state index contributed by atoms with van der Waals surface area (Å²) in [7, 11) is 0. The molecule has 0 saturated carbocycles. The average molecular weight is 152 g/mol. The first-order chi connectivity index (χ1) is 5.18. The third kappa shape index (κ3) is 2.25. The van der Waals surface area contributed by atoms with Crippen molar-refractivity contribution in [1.82, 2.24) is 0 Å². The molecular formula is C7H8N2O2. The average Bonchev–Trinajstić information content (AvgIpc) is 1.85. The summed E-state index contributed by atoms with van der Waals surface area (Å²) in [5, 5.41) is 9.40. The first-order valence-corrected chi connectivity index (χ1v) is 3.16. The van der Waals surface area contributed by atoms with Crippen LogP contribution >= 0.6 is 0 Å². The van der Waals surface area contributed by atoms with Crippen molar-refractivity contribution in [2.75, 3.05) is 5.43 Å². The zero-order chi connectivity index (χ0) is 8.27. The Morgan fingerprint density at radius 1 is 1.55 bits per heavy atom. The second-order valence-electron chi connectivity index (χ2n) is 2.24. The maximum absolute atomic E-state index is 9.97. The summed E-state index contributed by atoms with van der Waals surface area (Å²) < 4.78 is 0. The predicted molar refractivity (Wildman–Crippen MR) is 41.8 cm³/mol. The van der Waals surface area contributed by atoms with Gasteiger partial charge in [0.1, 0.15) is 5.69 Å². The van der Waals surface area contributed by atoms with Crippen LogP contribution in [0.15, 0.2) is 24.3 Å². The van der Waals surface area contributed by atoms with Crippen LogP contribution in [0.25, 0.3) is 0 Å². The number of nitrogens with zero attached hydrogens (tertiary/aromatic N) is 1. The molecular weight excluding hydrogens is 144 g/mol. The molecule has 1 N–H and O–H groups in total. The highest BCUT2D eigenvalue weighted by atomic mass is 16.7. The van der Waals surface area contributed by atoms with Crippen molar-refractivity contribution in [3.8, 4) is 0 Å². The van der Waals surface area contributed by atoms with Crippen molar-refractivity contribution < 1.29 is 5.03 Å². The molecule has 1 aromatic carbocycles. The summed E-state index contributed by atoms with van der Waals surface area (Å²) in [6.07, 6.45) is 0. The van der Waals surface area contributed by atoms with E-state index in [1.807, 2.05) is 13.0 Å². The second-order valence-corrected chi connectivity index (χ2v) is 2.24. The largest absolute Gasteiger partial charge is 0.235 e. The minimum absolute atomic E-state index is 0.509. The molecule has 58 valence electrons. The molecule has 4 nitrogen and oxygen atoms in total. The molecule has 0 aromatic heterocycles. The van der Waals surface area contributed by atoms with Crippen LogP contribution in [0, 0.1) is 17.0 Å². The van der Waals surface area contributed by atoms with Crippen molar-refractivity contribution in [1.29, 1.82) is 0 Å². The Balaban J connectivity index is 2.79. The quantitative estimate of drug-likeness (QED) is 0.517. The van der Waals surface area contributed by atoms with E-state index in [1.165, 1.54) is 0 Å². The molecule has 4 heteroatoms. The highest BCUT2D eigenvalue weighted by Gasteiger charge is 1.96. The van der Waals surface area contributed by atoms with E-state index in [4.69, 9.17) is 0 Å². The minimum Gasteiger partial charge on any atom is -0.235 e. The monoisotopic (exact) mass is 152 g/mol. The van der Waals surface area contributed by atoms with Gasteiger partial charge in [0.2, 0.25) is 0 Å². The Labute approximate surface area is 64.0 Å². The van der Waals surface area contributed by atoms with E-state index in [9.17, 15) is 10.1 Å². The van der Waals surface area contributed by atoms with Gasteiger partial charge in [-0.05, 0) is 24.6 Å². The maximum atomic E-state index is 9.97. The number of hydrazine groups is 1. The second kappa shape index (κ2) is 3.01. The van der Waals surface area contributed by atoms with Crippen molar-refractivity contribution in [3.63, 3.8) is 0 Å². The normalized spacial score (nSPS) is 9.18. The van der Waals surface area contributed by atoms with Crippen LogP contribution in [-0.4, -0.2) is 5.03 Å². The molecule has 0 spiro atoms. The molecule has 0 aliphatic carbocycles. The Morgan fingerprint density at radius 2 is 2.27 bits per heavy atom. The van der Waals surface area contributed by atoms with Gasteiger partial charge >= 0.3 is 0 Å². The van der Waals surface area contributed by atoms with E-state index in [0.29, 0.717) is 5.69 Å². The number of hydrogen-bond acceptors (Lipinski definition) is 2. The van der Waals surface area contributed by atoms with E-state index in [1.54, 1.807) is 18.2 Å². The Hall–Kier alpha value is -1.58. The third-order valence-corrected chi connectivity index (χ3v) is 1.24. The number of rotatable bonds is 2. The lowest BCUT2D eigenvalue weighted by Crippen LogP contribution is -2.07. The van der Waals surface area contributed by atoms with Gasteiger partial charge in [0.05, 0.1) is 0 Å². The van der Waals surface area contributed by atoms with Crippen molar-refractivity contribution in [2.24, 2.45) is 0 Å². The van der Waals surface area contributed by atoms with E-state index in [-0.39, 0.29) is 0 Å². The molecule has 0 aliphatic heterocycles. The molecule has 0 heterocycles. The fraction of sp³-hybridized carbons (Fsp3) is 0.143. The van der Waals surface area contributed by atoms with Gasteiger partial charge in [-0.3, -0.25) is 0 Å². The fourth-order valence-corrected chi connectivity index (χ4v) is 0.820. The molecule has 0 unspecified atom stereocenters. The van der Waals surface area contributed by atoms with Gasteiger partial charge < -0.3 is 0 Å². The van der Waals surface area contributed by atoms with Crippen LogP contribution in [0.1, 0.15) is 5.56 Å². The van der Waals surface area contributed by atoms with Crippen LogP contribution in [0.4, 0.5) is 5.69 Å². The Morgan fingerprint density at radius 3 is 2.82 bits per heavy atom. The van der Waals surface area contributed by atoms with Crippen LogP contribution in [-0.2, 0) is 0 Å². The zero-order valence-electron chi connectivity index (χ0n) is 6.07. The lowest BCUT2D eigenvalue weighted by molar-refractivity contribution is -0.445. The van der Waals surface area contributed by atoms with Gasteiger partial charge in [0.15, 0.2) is 5.03 Å². The summed E-state index contributed by atoms with van der Waals surface area (Å²) in [5.74, 6) is 0. The van der Waals surface area contributed by atoms with Crippen molar-refractivity contribution in [3.05, 3.63) is 39.9 Å². The Kier molecular flexibility index (Phi) is 2.06. The van der Waals surface area contributed by atoms with E-state index in [2.05, 4.69) is 5.43 Å². The number of anilines is 1. The SMILES string of the molecule is Cc1cccc(N[N+](=O)[O-])c1. The molecule has 0 aliphatic rings. The van der Waals surface area contributed by atoms with Gasteiger partial charge in [-0.1, -0.05) is 12.1 Å². The highest BCUT2D eigenvalue weighted by Crippen LogP contribution is 2.08. The summed E-state index contributed by atoms with van der Waals surface area (Å²) in [6.45, 7) is 1.88. The lowest BCUT2D eigenvalue weighted by Gasteiger charge is -1.96. The van der Waals surface area contributed by atoms with E-state index in [0.717, 1.165) is 5.56 Å². The van der Waals surface area contributed by atoms with Crippen molar-refractivity contribution >= 4 is 5.69 Å². The standard InChI is InChI=1S/C7H8N2O2/c1-6-3-2-4-7(5-6)8-9(10)11/h2-5,8H,1H3. The highest BCUT2D eigenvalue weighted by molar-refractivity contribution is 5.42. The van der Waals surface area contributed by atoms with Gasteiger partial charge in [-0.2, -0.15) is 0 Å². The first-order valence-electron chi connectivity index (χ1n) is 3.16. The lowest BCUT2D eigenvalue weighted by atomic mass is 10.2.